The number of nitrogens with zero attached hydrogens (tertiary/aromatic N) is 1. The van der Waals surface area contributed by atoms with Crippen LogP contribution in [-0.4, -0.2) is 16.4 Å². The maximum atomic E-state index is 13.1. The van der Waals surface area contributed by atoms with Crippen LogP contribution < -0.4 is 15.6 Å². The lowest BCUT2D eigenvalue weighted by Gasteiger charge is -2.15. The Morgan fingerprint density at radius 2 is 1.62 bits per heavy atom. The van der Waals surface area contributed by atoms with Crippen LogP contribution in [0, 0.1) is 13.8 Å². The highest BCUT2D eigenvalue weighted by Gasteiger charge is 2.30. The van der Waals surface area contributed by atoms with Crippen LogP contribution in [0.25, 0.3) is 0 Å². The number of aromatic nitrogens is 1. The van der Waals surface area contributed by atoms with E-state index in [0.717, 1.165) is 12.1 Å². The van der Waals surface area contributed by atoms with Gasteiger partial charge >= 0.3 is 12.1 Å². The van der Waals surface area contributed by atoms with Crippen molar-refractivity contribution in [2.75, 3.05) is 5.32 Å². The summed E-state index contributed by atoms with van der Waals surface area (Å²) in [5.74, 6) is -0.692. The summed E-state index contributed by atoms with van der Waals surface area (Å²) in [5, 5.41) is 2.64. The fourth-order valence-electron chi connectivity index (χ4n) is 3.24. The molecule has 0 radical (unpaired) electrons. The number of pyridine rings is 1. The van der Waals surface area contributed by atoms with E-state index in [0.29, 0.717) is 28.3 Å². The molecule has 0 fully saturated rings. The van der Waals surface area contributed by atoms with E-state index in [9.17, 15) is 27.6 Å². The molecule has 34 heavy (non-hydrogen) atoms. The molecule has 0 spiro atoms. The molecule has 0 saturated carbocycles. The second-order valence-electron chi connectivity index (χ2n) is 7.72. The fraction of sp³-hybridized carbons (Fsp3) is 0.240. The lowest BCUT2D eigenvalue weighted by atomic mass is 10.1. The van der Waals surface area contributed by atoms with Crippen molar-refractivity contribution in [3.8, 4) is 5.75 Å². The standard InChI is InChI=1S/C25H23F3N2O4/c1-4-22(31)34-20-11-9-19(10-12-20)29-23(32)21-13-15(2)16(3)30(24(21)33)14-17-5-7-18(8-6-17)25(26,27)28/h5-13H,4,14H2,1-3H3,(H,29,32). The van der Waals surface area contributed by atoms with Crippen molar-refractivity contribution < 1.29 is 27.5 Å². The Kier molecular flexibility index (Phi) is 7.24. The number of hydrogen-bond donors (Lipinski definition) is 1. The van der Waals surface area contributed by atoms with Gasteiger partial charge in [0.25, 0.3) is 11.5 Å². The van der Waals surface area contributed by atoms with Crippen LogP contribution in [-0.2, 0) is 17.5 Å². The van der Waals surface area contributed by atoms with Crippen molar-refractivity contribution in [1.82, 2.24) is 4.57 Å². The molecular formula is C25H23F3N2O4. The number of aryl methyl sites for hydroxylation is 1. The number of rotatable bonds is 6. The molecule has 0 bridgehead atoms. The number of esters is 1. The maximum Gasteiger partial charge on any atom is 0.416 e. The summed E-state index contributed by atoms with van der Waals surface area (Å²) >= 11 is 0. The molecule has 0 unspecified atom stereocenters. The van der Waals surface area contributed by atoms with Crippen LogP contribution in [0.2, 0.25) is 0 Å². The summed E-state index contributed by atoms with van der Waals surface area (Å²) in [7, 11) is 0. The lowest BCUT2D eigenvalue weighted by molar-refractivity contribution is -0.137. The van der Waals surface area contributed by atoms with E-state index in [1.165, 1.54) is 47.0 Å². The molecule has 1 N–H and O–H groups in total. The fourth-order valence-corrected chi connectivity index (χ4v) is 3.24. The van der Waals surface area contributed by atoms with Crippen molar-refractivity contribution in [2.45, 2.75) is 39.9 Å². The number of hydrogen-bond acceptors (Lipinski definition) is 4. The number of nitrogens with one attached hydrogen (secondary N) is 1. The minimum absolute atomic E-state index is 0.0161. The maximum absolute atomic E-state index is 13.1. The number of halogens is 3. The topological polar surface area (TPSA) is 77.4 Å². The van der Waals surface area contributed by atoms with E-state index in [4.69, 9.17) is 4.74 Å². The van der Waals surface area contributed by atoms with Crippen molar-refractivity contribution in [1.29, 1.82) is 0 Å². The largest absolute Gasteiger partial charge is 0.427 e. The zero-order chi connectivity index (χ0) is 25.0. The Balaban J connectivity index is 1.83. The first kappa shape index (κ1) is 24.8. The predicted octanol–water partition coefficient (Wildman–Crippen LogP) is 5.10. The summed E-state index contributed by atoms with van der Waals surface area (Å²) < 4.78 is 44.9. The number of alkyl halides is 3. The third-order valence-corrected chi connectivity index (χ3v) is 5.31. The van der Waals surface area contributed by atoms with E-state index >= 15 is 0 Å². The van der Waals surface area contributed by atoms with Crippen LogP contribution in [0.4, 0.5) is 18.9 Å². The number of benzene rings is 2. The zero-order valence-corrected chi connectivity index (χ0v) is 18.8. The molecule has 0 aliphatic heterocycles. The molecule has 0 atom stereocenters. The quantitative estimate of drug-likeness (QED) is 0.400. The van der Waals surface area contributed by atoms with Gasteiger partial charge in [0.05, 0.1) is 12.1 Å². The van der Waals surface area contributed by atoms with Gasteiger partial charge in [-0.05, 0) is 67.4 Å². The number of carbonyl (C=O) groups is 2. The van der Waals surface area contributed by atoms with Crippen molar-refractivity contribution in [3.05, 3.63) is 92.9 Å². The predicted molar refractivity (Wildman–Crippen MR) is 121 cm³/mol. The van der Waals surface area contributed by atoms with Gasteiger partial charge in [-0.1, -0.05) is 19.1 Å². The average Bonchev–Trinajstić information content (AvgIpc) is 2.80. The normalized spacial score (nSPS) is 11.2. The molecule has 1 amide bonds. The van der Waals surface area contributed by atoms with Gasteiger partial charge in [-0.25, -0.2) is 0 Å². The van der Waals surface area contributed by atoms with E-state index in [1.54, 1.807) is 20.8 Å². The molecule has 178 valence electrons. The first-order valence-corrected chi connectivity index (χ1v) is 10.5. The second kappa shape index (κ2) is 9.94. The minimum atomic E-state index is -4.45. The second-order valence-corrected chi connectivity index (χ2v) is 7.72. The molecule has 3 aromatic rings. The summed E-state index contributed by atoms with van der Waals surface area (Å²) in [6.45, 7) is 5.14. The molecule has 1 aromatic heterocycles. The lowest BCUT2D eigenvalue weighted by Crippen LogP contribution is -2.31. The number of ether oxygens (including phenoxy) is 1. The third kappa shape index (κ3) is 5.72. The van der Waals surface area contributed by atoms with Crippen LogP contribution in [0.5, 0.6) is 5.75 Å². The number of anilines is 1. The van der Waals surface area contributed by atoms with Crippen LogP contribution in [0.3, 0.4) is 0 Å². The molecule has 0 aliphatic carbocycles. The first-order valence-electron chi connectivity index (χ1n) is 10.5. The molecule has 1 heterocycles. The first-order chi connectivity index (χ1) is 16.0. The Hall–Kier alpha value is -3.88. The number of amides is 1. The SMILES string of the molecule is CCC(=O)Oc1ccc(NC(=O)c2cc(C)c(C)n(Cc3ccc(C(F)(F)F)cc3)c2=O)cc1. The summed E-state index contributed by atoms with van der Waals surface area (Å²) in [6.07, 6.45) is -4.22. The Bertz CT molecular complexity index is 1260. The van der Waals surface area contributed by atoms with Crippen LogP contribution >= 0.6 is 0 Å². The summed E-state index contributed by atoms with van der Waals surface area (Å²) in [5.41, 5.74) is 0.730. The molecule has 9 heteroatoms. The van der Waals surface area contributed by atoms with Crippen molar-refractivity contribution in [2.24, 2.45) is 0 Å². The van der Waals surface area contributed by atoms with E-state index in [2.05, 4.69) is 5.32 Å². The number of carbonyl (C=O) groups excluding carboxylic acids is 2. The van der Waals surface area contributed by atoms with Crippen molar-refractivity contribution in [3.63, 3.8) is 0 Å². The molecule has 2 aromatic carbocycles. The van der Waals surface area contributed by atoms with Gasteiger partial charge in [0, 0.05) is 17.8 Å². The monoisotopic (exact) mass is 472 g/mol. The molecule has 0 saturated heterocycles. The smallest absolute Gasteiger partial charge is 0.416 e. The molecular weight excluding hydrogens is 449 g/mol. The highest BCUT2D eigenvalue weighted by molar-refractivity contribution is 6.04. The van der Waals surface area contributed by atoms with E-state index in [-0.39, 0.29) is 24.5 Å². The Morgan fingerprint density at radius 1 is 1.00 bits per heavy atom. The molecule has 6 nitrogen and oxygen atoms in total. The zero-order valence-electron chi connectivity index (χ0n) is 18.8. The van der Waals surface area contributed by atoms with Gasteiger partial charge in [-0.3, -0.25) is 14.4 Å². The Morgan fingerprint density at radius 3 is 2.18 bits per heavy atom. The molecule has 0 aliphatic rings. The van der Waals surface area contributed by atoms with E-state index < -0.39 is 23.2 Å². The van der Waals surface area contributed by atoms with E-state index in [1.807, 2.05) is 0 Å². The van der Waals surface area contributed by atoms with Gasteiger partial charge in [-0.15, -0.1) is 0 Å². The minimum Gasteiger partial charge on any atom is -0.427 e. The van der Waals surface area contributed by atoms with Gasteiger partial charge in [0.1, 0.15) is 11.3 Å². The van der Waals surface area contributed by atoms with Crippen LogP contribution in [0.1, 0.15) is 46.1 Å². The Labute approximate surface area is 194 Å². The average molecular weight is 472 g/mol. The van der Waals surface area contributed by atoms with Crippen molar-refractivity contribution >= 4 is 17.6 Å². The molecule has 3 rings (SSSR count). The van der Waals surface area contributed by atoms with Gasteiger partial charge in [0.15, 0.2) is 0 Å². The van der Waals surface area contributed by atoms with Gasteiger partial charge in [0.2, 0.25) is 0 Å². The summed E-state index contributed by atoms with van der Waals surface area (Å²) in [4.78, 5) is 37.3. The highest BCUT2D eigenvalue weighted by Crippen LogP contribution is 2.29. The third-order valence-electron chi connectivity index (χ3n) is 5.31. The summed E-state index contributed by atoms with van der Waals surface area (Å²) in [6, 6.07) is 12.1. The highest BCUT2D eigenvalue weighted by atomic mass is 19.4. The van der Waals surface area contributed by atoms with Gasteiger partial charge < -0.3 is 14.6 Å². The van der Waals surface area contributed by atoms with Crippen LogP contribution in [0.15, 0.2) is 59.4 Å². The van der Waals surface area contributed by atoms with Gasteiger partial charge in [-0.2, -0.15) is 13.2 Å².